The lowest BCUT2D eigenvalue weighted by Crippen LogP contribution is -2.43. The minimum Gasteiger partial charge on any atom is -0.368 e. The Morgan fingerprint density at radius 3 is 2.38 bits per heavy atom. The molecule has 1 saturated heterocycles. The highest BCUT2D eigenvalue weighted by Crippen LogP contribution is 2.49. The lowest BCUT2D eigenvalue weighted by atomic mass is 9.65. The number of amides is 1. The SMILES string of the molecule is [C-]#[N+]c1c[nH]c(C(=O)Nc2ccc(C3CS(=O)(=O)NS(=O)(=O)C3)cc2C2=CCC3(CCCCC3)CC2)c1. The van der Waals surface area contributed by atoms with Crippen molar-refractivity contribution in [1.82, 2.24) is 9.11 Å². The zero-order chi connectivity index (χ0) is 26.3. The number of carbonyl (C=O) groups excluding carboxylic acids is 1. The Balaban J connectivity index is 1.49. The van der Waals surface area contributed by atoms with Gasteiger partial charge >= 0.3 is 0 Å². The fourth-order valence-electron chi connectivity index (χ4n) is 5.93. The molecule has 1 amide bonds. The number of benzene rings is 1. The van der Waals surface area contributed by atoms with E-state index in [1.807, 2.05) is 6.07 Å². The van der Waals surface area contributed by atoms with Crippen molar-refractivity contribution in [2.75, 3.05) is 16.8 Å². The summed E-state index contributed by atoms with van der Waals surface area (Å²) in [4.78, 5) is 19.1. The second-order valence-electron chi connectivity index (χ2n) is 10.5. The highest BCUT2D eigenvalue weighted by atomic mass is 32.3. The molecule has 1 aliphatic heterocycles. The fraction of sp³-hybridized carbons (Fsp3) is 0.462. The number of allylic oxidation sites excluding steroid dienone is 2. The topological polar surface area (TPSA) is 130 Å². The van der Waals surface area contributed by atoms with Crippen molar-refractivity contribution in [3.05, 3.63) is 64.8 Å². The summed E-state index contributed by atoms with van der Waals surface area (Å²) < 4.78 is 50.6. The molecule has 3 aliphatic rings. The molecule has 2 aromatic rings. The predicted molar refractivity (Wildman–Crippen MR) is 142 cm³/mol. The van der Waals surface area contributed by atoms with Crippen LogP contribution in [-0.4, -0.2) is 39.2 Å². The molecule has 1 saturated carbocycles. The number of nitrogens with zero attached hydrogens (tertiary/aromatic N) is 1. The normalized spacial score (nSPS) is 22.6. The van der Waals surface area contributed by atoms with Gasteiger partial charge in [0.15, 0.2) is 0 Å². The minimum atomic E-state index is -3.96. The van der Waals surface area contributed by atoms with Crippen molar-refractivity contribution in [1.29, 1.82) is 0 Å². The first-order valence-corrected chi connectivity index (χ1v) is 15.8. The Kier molecular flexibility index (Phi) is 6.77. The van der Waals surface area contributed by atoms with E-state index in [9.17, 15) is 21.6 Å². The molecular weight excluding hydrogens is 512 g/mol. The standard InChI is InChI=1S/C26H30N4O5S2/c1-27-21-14-24(28-15-21)25(31)29-23-6-5-19(20-16-36(32,33)30-37(34,35)17-20)13-22(23)18-7-11-26(12-8-18)9-3-2-4-10-26/h5-7,13-15,20,28,30H,2-4,8-12,16-17H2,(H,29,31). The number of H-pyrrole nitrogens is 1. The van der Waals surface area contributed by atoms with E-state index in [0.29, 0.717) is 22.4 Å². The van der Waals surface area contributed by atoms with E-state index in [0.717, 1.165) is 30.4 Å². The average Bonchev–Trinajstić information content (AvgIpc) is 3.33. The summed E-state index contributed by atoms with van der Waals surface area (Å²) in [6, 6.07) is 6.72. The molecule has 2 fully saturated rings. The zero-order valence-corrected chi connectivity index (χ0v) is 22.1. The first-order valence-electron chi connectivity index (χ1n) is 12.5. The first-order chi connectivity index (χ1) is 17.6. The van der Waals surface area contributed by atoms with E-state index in [4.69, 9.17) is 6.57 Å². The number of hydrogen-bond acceptors (Lipinski definition) is 5. The summed E-state index contributed by atoms with van der Waals surface area (Å²) in [5.74, 6) is -1.74. The maximum atomic E-state index is 12.9. The molecule has 0 radical (unpaired) electrons. The Labute approximate surface area is 217 Å². The molecule has 37 heavy (non-hydrogen) atoms. The van der Waals surface area contributed by atoms with Crippen molar-refractivity contribution in [2.45, 2.75) is 57.3 Å². The number of sulfonamides is 2. The molecule has 196 valence electrons. The smallest absolute Gasteiger partial charge is 0.270 e. The van der Waals surface area contributed by atoms with Gasteiger partial charge in [0.25, 0.3) is 5.91 Å². The van der Waals surface area contributed by atoms with E-state index in [-0.39, 0.29) is 17.2 Å². The van der Waals surface area contributed by atoms with Crippen LogP contribution in [0.2, 0.25) is 0 Å². The van der Waals surface area contributed by atoms with Crippen molar-refractivity contribution >= 4 is 42.9 Å². The van der Waals surface area contributed by atoms with Gasteiger partial charge in [-0.1, -0.05) is 31.4 Å². The number of anilines is 1. The maximum absolute atomic E-state index is 12.9. The molecule has 0 atom stereocenters. The van der Waals surface area contributed by atoms with Gasteiger partial charge < -0.3 is 10.3 Å². The molecule has 0 bridgehead atoms. The number of rotatable bonds is 4. The molecule has 1 spiro atoms. The van der Waals surface area contributed by atoms with E-state index in [1.54, 1.807) is 16.3 Å². The monoisotopic (exact) mass is 542 g/mol. The van der Waals surface area contributed by atoms with E-state index < -0.39 is 31.9 Å². The number of nitrogens with one attached hydrogen (secondary N) is 3. The van der Waals surface area contributed by atoms with Gasteiger partial charge in [-0.2, -0.15) is 0 Å². The minimum absolute atomic E-state index is 0.260. The van der Waals surface area contributed by atoms with Crippen LogP contribution in [0.3, 0.4) is 0 Å². The van der Waals surface area contributed by atoms with E-state index in [2.05, 4.69) is 21.2 Å². The molecular formula is C26H30N4O5S2. The molecule has 3 N–H and O–H groups in total. The summed E-state index contributed by atoms with van der Waals surface area (Å²) in [5.41, 5.74) is 3.95. The molecule has 2 heterocycles. The molecule has 9 nitrogen and oxygen atoms in total. The van der Waals surface area contributed by atoms with Gasteiger partial charge in [-0.15, -0.1) is 4.13 Å². The van der Waals surface area contributed by atoms with Gasteiger partial charge in [-0.25, -0.2) is 21.7 Å². The molecule has 0 unspecified atom stereocenters. The van der Waals surface area contributed by atoms with Crippen LogP contribution in [0.1, 0.15) is 78.9 Å². The van der Waals surface area contributed by atoms with E-state index in [1.165, 1.54) is 44.4 Å². The number of hydrogen-bond donors (Lipinski definition) is 3. The van der Waals surface area contributed by atoms with Gasteiger partial charge in [0.05, 0.1) is 23.8 Å². The van der Waals surface area contributed by atoms with Crippen LogP contribution in [0.25, 0.3) is 10.4 Å². The summed E-state index contributed by atoms with van der Waals surface area (Å²) in [6.07, 6.45) is 12.8. The second kappa shape index (κ2) is 9.74. The number of aromatic amines is 1. The Morgan fingerprint density at radius 1 is 1.03 bits per heavy atom. The molecule has 11 heteroatoms. The van der Waals surface area contributed by atoms with Crippen LogP contribution in [-0.2, 0) is 20.0 Å². The molecule has 1 aromatic carbocycles. The zero-order valence-electron chi connectivity index (χ0n) is 20.4. The van der Waals surface area contributed by atoms with E-state index >= 15 is 0 Å². The second-order valence-corrected chi connectivity index (χ2v) is 14.3. The molecule has 2 aliphatic carbocycles. The van der Waals surface area contributed by atoms with Crippen LogP contribution in [0, 0.1) is 12.0 Å². The highest BCUT2D eigenvalue weighted by molar-refractivity contribution is 8.05. The van der Waals surface area contributed by atoms with Gasteiger partial charge in [-0.3, -0.25) is 4.79 Å². The first kappa shape index (κ1) is 25.7. The van der Waals surface area contributed by atoms with Crippen molar-refractivity contribution in [3.8, 4) is 0 Å². The third-order valence-electron chi connectivity index (χ3n) is 7.87. The van der Waals surface area contributed by atoms with Crippen molar-refractivity contribution in [3.63, 3.8) is 0 Å². The third kappa shape index (κ3) is 5.66. The van der Waals surface area contributed by atoms with Gasteiger partial charge in [-0.05, 0) is 66.9 Å². The molecule has 5 rings (SSSR count). The predicted octanol–water partition coefficient (Wildman–Crippen LogP) is 4.68. The Morgan fingerprint density at radius 2 is 1.76 bits per heavy atom. The highest BCUT2D eigenvalue weighted by Gasteiger charge is 2.36. The third-order valence-corrected chi connectivity index (χ3v) is 11.6. The molecule has 1 aromatic heterocycles. The number of aromatic nitrogens is 1. The van der Waals surface area contributed by atoms with Gasteiger partial charge in [0.2, 0.25) is 25.7 Å². The van der Waals surface area contributed by atoms with Crippen molar-refractivity contribution < 1.29 is 21.6 Å². The van der Waals surface area contributed by atoms with Crippen LogP contribution in [0.4, 0.5) is 11.4 Å². The largest absolute Gasteiger partial charge is 0.368 e. The number of carbonyl (C=O) groups is 1. The average molecular weight is 543 g/mol. The van der Waals surface area contributed by atoms with Crippen molar-refractivity contribution in [2.24, 2.45) is 5.41 Å². The van der Waals surface area contributed by atoms with Crippen LogP contribution >= 0.6 is 0 Å². The lowest BCUT2D eigenvalue weighted by molar-refractivity contribution is 0.102. The Hall–Kier alpha value is -2.94. The summed E-state index contributed by atoms with van der Waals surface area (Å²) in [5, 5.41) is 2.93. The summed E-state index contributed by atoms with van der Waals surface area (Å²) in [6.45, 7) is 7.12. The summed E-state index contributed by atoms with van der Waals surface area (Å²) >= 11 is 0. The Bertz CT molecular complexity index is 1480. The van der Waals surface area contributed by atoms with Crippen LogP contribution in [0.5, 0.6) is 0 Å². The van der Waals surface area contributed by atoms with Crippen LogP contribution in [0.15, 0.2) is 36.5 Å². The maximum Gasteiger partial charge on any atom is 0.270 e. The van der Waals surface area contributed by atoms with Gasteiger partial charge in [0.1, 0.15) is 0 Å². The summed E-state index contributed by atoms with van der Waals surface area (Å²) in [7, 11) is -7.92. The lowest BCUT2D eigenvalue weighted by Gasteiger charge is -2.40. The quantitative estimate of drug-likeness (QED) is 0.483. The van der Waals surface area contributed by atoms with Gasteiger partial charge in [0, 0.05) is 23.4 Å². The van der Waals surface area contributed by atoms with Crippen LogP contribution < -0.4 is 9.44 Å². The fourth-order valence-corrected chi connectivity index (χ4v) is 9.86.